The monoisotopic (exact) mass is 355 g/mol. The van der Waals surface area contributed by atoms with E-state index in [0.717, 1.165) is 16.9 Å². The van der Waals surface area contributed by atoms with Gasteiger partial charge in [-0.2, -0.15) is 13.2 Å². The van der Waals surface area contributed by atoms with Crippen molar-refractivity contribution in [3.8, 4) is 10.6 Å². The largest absolute Gasteiger partial charge is 0.507 e. The molecule has 1 saturated heterocycles. The predicted octanol–water partition coefficient (Wildman–Crippen LogP) is 4.13. The third-order valence-electron chi connectivity index (χ3n) is 4.47. The third-order valence-corrected chi connectivity index (χ3v) is 5.54. The number of rotatable bonds is 2. The van der Waals surface area contributed by atoms with Crippen LogP contribution in [0.25, 0.3) is 10.6 Å². The minimum Gasteiger partial charge on any atom is -0.399 e. The first-order valence-electron chi connectivity index (χ1n) is 7.49. The Morgan fingerprint density at radius 1 is 1.00 bits per heavy atom. The Labute approximate surface area is 143 Å². The van der Waals surface area contributed by atoms with Crippen LogP contribution in [-0.4, -0.2) is 23.3 Å². The first-order chi connectivity index (χ1) is 11.0. The van der Waals surface area contributed by atoms with Gasteiger partial charge in [-0.15, -0.1) is 11.3 Å². The van der Waals surface area contributed by atoms with E-state index in [1.165, 1.54) is 23.5 Å². The summed E-state index contributed by atoms with van der Waals surface area (Å²) in [4.78, 5) is 4.30. The maximum absolute atomic E-state index is 12.6. The molecule has 128 valence electrons. The molecule has 0 atom stereocenters. The summed E-state index contributed by atoms with van der Waals surface area (Å²) in [6.45, 7) is 7.85. The van der Waals surface area contributed by atoms with Crippen molar-refractivity contribution in [2.24, 2.45) is 0 Å². The van der Waals surface area contributed by atoms with Gasteiger partial charge in [-0.05, 0) is 39.8 Å². The molecule has 0 bridgehead atoms. The molecule has 2 heterocycles. The number of thiazole rings is 1. The molecule has 1 aromatic heterocycles. The molecular formula is C16H17BF3NO2S. The van der Waals surface area contributed by atoms with E-state index < -0.39 is 30.1 Å². The molecule has 2 aromatic rings. The van der Waals surface area contributed by atoms with E-state index in [9.17, 15) is 13.2 Å². The van der Waals surface area contributed by atoms with Gasteiger partial charge >= 0.3 is 13.3 Å². The van der Waals surface area contributed by atoms with Crippen LogP contribution < -0.4 is 4.78 Å². The van der Waals surface area contributed by atoms with Crippen LogP contribution in [0.4, 0.5) is 13.2 Å². The second kappa shape index (κ2) is 5.57. The molecule has 0 spiro atoms. The van der Waals surface area contributed by atoms with Crippen molar-refractivity contribution >= 4 is 23.2 Å². The molecule has 3 rings (SSSR count). The molecule has 1 fully saturated rings. The lowest BCUT2D eigenvalue weighted by Gasteiger charge is -2.32. The molecule has 3 nitrogen and oxygen atoms in total. The molecule has 0 unspecified atom stereocenters. The Hall–Kier alpha value is -1.38. The van der Waals surface area contributed by atoms with E-state index in [1.54, 1.807) is 6.20 Å². The van der Waals surface area contributed by atoms with Crippen LogP contribution in [-0.2, 0) is 15.5 Å². The zero-order chi connectivity index (χ0) is 17.8. The van der Waals surface area contributed by atoms with Crippen LogP contribution in [0.3, 0.4) is 0 Å². The van der Waals surface area contributed by atoms with Crippen LogP contribution in [0.1, 0.15) is 33.3 Å². The van der Waals surface area contributed by atoms with Crippen molar-refractivity contribution in [3.63, 3.8) is 0 Å². The van der Waals surface area contributed by atoms with E-state index in [2.05, 4.69) is 4.98 Å². The van der Waals surface area contributed by atoms with Gasteiger partial charge in [0, 0.05) is 11.8 Å². The van der Waals surface area contributed by atoms with Crippen molar-refractivity contribution < 1.29 is 22.5 Å². The zero-order valence-electron chi connectivity index (χ0n) is 13.8. The van der Waals surface area contributed by atoms with Gasteiger partial charge in [0.1, 0.15) is 5.01 Å². The van der Waals surface area contributed by atoms with E-state index in [1.807, 2.05) is 27.7 Å². The summed E-state index contributed by atoms with van der Waals surface area (Å²) < 4.78 is 50.6. The van der Waals surface area contributed by atoms with Crippen LogP contribution in [0.2, 0.25) is 0 Å². The third kappa shape index (κ3) is 3.10. The molecule has 1 aromatic carbocycles. The number of benzene rings is 1. The van der Waals surface area contributed by atoms with Crippen molar-refractivity contribution in [2.75, 3.05) is 0 Å². The minimum atomic E-state index is -4.34. The fraction of sp³-hybridized carbons (Fsp3) is 0.438. The SMILES string of the molecule is CC1(C)OB(c2cnc(-c3ccc(C(F)(F)F)cc3)s2)OC1(C)C. The van der Waals surface area contributed by atoms with Gasteiger partial charge in [0.05, 0.1) is 21.5 Å². The summed E-state index contributed by atoms with van der Waals surface area (Å²) >= 11 is 1.36. The van der Waals surface area contributed by atoms with Crippen molar-refractivity contribution in [2.45, 2.75) is 45.1 Å². The Bertz CT molecular complexity index is 725. The van der Waals surface area contributed by atoms with Gasteiger partial charge < -0.3 is 9.31 Å². The molecule has 0 saturated carbocycles. The average Bonchev–Trinajstić information content (AvgIpc) is 3.02. The standard InChI is InChI=1S/C16H17BF3NO2S/c1-14(2)15(3,4)23-17(22-14)12-9-21-13(24-12)10-5-7-11(8-6-10)16(18,19)20/h5-9H,1-4H3. The van der Waals surface area contributed by atoms with Crippen LogP contribution in [0.15, 0.2) is 30.5 Å². The highest BCUT2D eigenvalue weighted by Crippen LogP contribution is 2.37. The van der Waals surface area contributed by atoms with Crippen molar-refractivity contribution in [1.82, 2.24) is 4.98 Å². The van der Waals surface area contributed by atoms with Crippen LogP contribution in [0, 0.1) is 0 Å². The van der Waals surface area contributed by atoms with Crippen molar-refractivity contribution in [1.29, 1.82) is 0 Å². The van der Waals surface area contributed by atoms with E-state index in [0.29, 0.717) is 10.6 Å². The lowest BCUT2D eigenvalue weighted by Crippen LogP contribution is -2.41. The maximum Gasteiger partial charge on any atom is 0.507 e. The Balaban J connectivity index is 1.82. The van der Waals surface area contributed by atoms with Crippen LogP contribution in [0.5, 0.6) is 0 Å². The fourth-order valence-corrected chi connectivity index (χ4v) is 3.17. The molecule has 1 aliphatic heterocycles. The number of halogens is 3. The Kier molecular flexibility index (Phi) is 4.05. The Morgan fingerprint density at radius 2 is 1.54 bits per heavy atom. The highest BCUT2D eigenvalue weighted by Gasteiger charge is 2.52. The van der Waals surface area contributed by atoms with Crippen LogP contribution >= 0.6 is 11.3 Å². The van der Waals surface area contributed by atoms with E-state index in [4.69, 9.17) is 9.31 Å². The quantitative estimate of drug-likeness (QED) is 0.760. The van der Waals surface area contributed by atoms with Crippen molar-refractivity contribution in [3.05, 3.63) is 36.0 Å². The highest BCUT2D eigenvalue weighted by atomic mass is 32.1. The number of aromatic nitrogens is 1. The topological polar surface area (TPSA) is 31.4 Å². The number of nitrogens with zero attached hydrogens (tertiary/aromatic N) is 1. The normalized spacial score (nSPS) is 19.7. The van der Waals surface area contributed by atoms with E-state index in [-0.39, 0.29) is 0 Å². The molecular weight excluding hydrogens is 338 g/mol. The molecule has 0 N–H and O–H groups in total. The van der Waals surface area contributed by atoms with Gasteiger partial charge in [-0.25, -0.2) is 4.98 Å². The van der Waals surface area contributed by atoms with Gasteiger partial charge in [-0.1, -0.05) is 12.1 Å². The molecule has 0 radical (unpaired) electrons. The lowest BCUT2D eigenvalue weighted by atomic mass is 9.89. The zero-order valence-corrected chi connectivity index (χ0v) is 14.6. The van der Waals surface area contributed by atoms with Gasteiger partial charge in [0.2, 0.25) is 0 Å². The summed E-state index contributed by atoms with van der Waals surface area (Å²) in [5.41, 5.74) is -0.934. The number of hydrogen-bond donors (Lipinski definition) is 0. The number of hydrogen-bond acceptors (Lipinski definition) is 4. The Morgan fingerprint density at radius 3 is 2.04 bits per heavy atom. The predicted molar refractivity (Wildman–Crippen MR) is 88.3 cm³/mol. The first-order valence-corrected chi connectivity index (χ1v) is 8.30. The molecule has 0 aliphatic carbocycles. The smallest absolute Gasteiger partial charge is 0.399 e. The second-order valence-corrected chi connectivity index (χ2v) is 7.79. The van der Waals surface area contributed by atoms with E-state index >= 15 is 0 Å². The van der Waals surface area contributed by atoms with Gasteiger partial charge in [0.15, 0.2) is 0 Å². The number of alkyl halides is 3. The lowest BCUT2D eigenvalue weighted by molar-refractivity contribution is -0.137. The molecule has 8 heteroatoms. The summed E-state index contributed by atoms with van der Waals surface area (Å²) in [7, 11) is -0.518. The second-order valence-electron chi connectivity index (χ2n) is 6.73. The molecule has 24 heavy (non-hydrogen) atoms. The molecule has 1 aliphatic rings. The summed E-state index contributed by atoms with van der Waals surface area (Å²) in [6, 6.07) is 4.97. The summed E-state index contributed by atoms with van der Waals surface area (Å²) in [6.07, 6.45) is -2.69. The van der Waals surface area contributed by atoms with Gasteiger partial charge in [0.25, 0.3) is 0 Å². The first kappa shape index (κ1) is 17.4. The van der Waals surface area contributed by atoms with Gasteiger partial charge in [-0.3, -0.25) is 0 Å². The summed E-state index contributed by atoms with van der Waals surface area (Å²) in [5.74, 6) is 0. The molecule has 0 amide bonds. The summed E-state index contributed by atoms with van der Waals surface area (Å²) in [5, 5.41) is 0.633. The fourth-order valence-electron chi connectivity index (χ4n) is 2.29. The highest BCUT2D eigenvalue weighted by molar-refractivity contribution is 7.24. The minimum absolute atomic E-state index is 0.448. The maximum atomic E-state index is 12.6. The average molecular weight is 355 g/mol.